The van der Waals surface area contributed by atoms with Crippen LogP contribution < -0.4 is 0 Å². The summed E-state index contributed by atoms with van der Waals surface area (Å²) in [6.07, 6.45) is 9.21. The Morgan fingerprint density at radius 2 is 2.07 bits per heavy atom. The molecule has 0 aliphatic heterocycles. The Bertz CT molecular complexity index is 348. The maximum absolute atomic E-state index is 4.35. The summed E-state index contributed by atoms with van der Waals surface area (Å²) in [5, 5.41) is 0. The smallest absolute Gasteiger partial charge is 0.0693 e. The number of hydrogen-bond acceptors (Lipinski definition) is 1. The van der Waals surface area contributed by atoms with Crippen LogP contribution in [0, 0.1) is 0 Å². The molecule has 0 N–H and O–H groups in total. The molecule has 1 heteroatoms. The molecule has 1 aliphatic rings. The standard InChI is InChI=1S/C11H11N.C2H6/c1-9-5-2-3-6-10-7-4-8-12-11(9)10;1-2/h2-5,7-8H,6H2,1H3;1-2H3. The molecule has 0 bridgehead atoms. The second kappa shape index (κ2) is 5.38. The third-order valence-electron chi connectivity index (χ3n) is 2.08. The number of fused-ring (bicyclic) bond motifs is 1. The van der Waals surface area contributed by atoms with E-state index in [1.54, 1.807) is 0 Å². The Morgan fingerprint density at radius 3 is 2.86 bits per heavy atom. The van der Waals surface area contributed by atoms with Crippen LogP contribution in [0.3, 0.4) is 0 Å². The van der Waals surface area contributed by atoms with Crippen LogP contribution in [-0.4, -0.2) is 4.98 Å². The third kappa shape index (κ3) is 2.32. The van der Waals surface area contributed by atoms with Gasteiger partial charge in [-0.3, -0.25) is 4.98 Å². The van der Waals surface area contributed by atoms with E-state index in [9.17, 15) is 0 Å². The van der Waals surface area contributed by atoms with Crippen LogP contribution in [0.1, 0.15) is 32.0 Å². The van der Waals surface area contributed by atoms with Gasteiger partial charge in [0.15, 0.2) is 0 Å². The predicted octanol–water partition coefficient (Wildman–Crippen LogP) is 3.62. The summed E-state index contributed by atoms with van der Waals surface area (Å²) in [6.45, 7) is 6.10. The van der Waals surface area contributed by atoms with Gasteiger partial charge in [-0.1, -0.05) is 38.1 Å². The van der Waals surface area contributed by atoms with E-state index in [2.05, 4.69) is 36.2 Å². The fourth-order valence-electron chi connectivity index (χ4n) is 1.44. The van der Waals surface area contributed by atoms with E-state index in [1.807, 2.05) is 26.1 Å². The molecule has 2 rings (SSSR count). The van der Waals surface area contributed by atoms with E-state index in [-0.39, 0.29) is 0 Å². The Labute approximate surface area is 86.2 Å². The Kier molecular flexibility index (Phi) is 4.11. The molecule has 1 aromatic rings. The molecule has 0 amide bonds. The van der Waals surface area contributed by atoms with E-state index >= 15 is 0 Å². The maximum Gasteiger partial charge on any atom is 0.0693 e. The molecule has 1 heterocycles. The van der Waals surface area contributed by atoms with Crippen LogP contribution in [-0.2, 0) is 6.42 Å². The normalized spacial score (nSPS) is 13.2. The van der Waals surface area contributed by atoms with Gasteiger partial charge in [-0.05, 0) is 30.5 Å². The molecule has 1 aliphatic carbocycles. The topological polar surface area (TPSA) is 12.9 Å². The highest BCUT2D eigenvalue weighted by Crippen LogP contribution is 2.19. The van der Waals surface area contributed by atoms with E-state index in [1.165, 1.54) is 11.1 Å². The molecule has 0 saturated heterocycles. The van der Waals surface area contributed by atoms with Crippen molar-refractivity contribution in [2.24, 2.45) is 0 Å². The van der Waals surface area contributed by atoms with Gasteiger partial charge in [0.2, 0.25) is 0 Å². The monoisotopic (exact) mass is 187 g/mol. The first kappa shape index (κ1) is 10.7. The highest BCUT2D eigenvalue weighted by Gasteiger charge is 2.04. The molecule has 1 aromatic heterocycles. The second-order valence-electron chi connectivity index (χ2n) is 2.99. The number of hydrogen-bond donors (Lipinski definition) is 0. The number of allylic oxidation sites excluding steroid dienone is 4. The first-order chi connectivity index (χ1) is 6.88. The zero-order valence-electron chi connectivity index (χ0n) is 9.12. The molecule has 1 nitrogen and oxygen atoms in total. The molecule has 0 aromatic carbocycles. The summed E-state index contributed by atoms with van der Waals surface area (Å²) in [5.74, 6) is 0. The van der Waals surface area contributed by atoms with E-state index in [4.69, 9.17) is 0 Å². The fraction of sp³-hybridized carbons (Fsp3) is 0.308. The quantitative estimate of drug-likeness (QED) is 0.604. The fourth-order valence-corrected chi connectivity index (χ4v) is 1.44. The minimum absolute atomic E-state index is 0.997. The van der Waals surface area contributed by atoms with E-state index < -0.39 is 0 Å². The molecule has 74 valence electrons. The molecule has 0 radical (unpaired) electrons. The lowest BCUT2D eigenvalue weighted by Gasteiger charge is -2.03. The molecule has 0 saturated carbocycles. The number of aromatic nitrogens is 1. The van der Waals surface area contributed by atoms with Crippen LogP contribution >= 0.6 is 0 Å². The van der Waals surface area contributed by atoms with Crippen molar-refractivity contribution in [3.63, 3.8) is 0 Å². The van der Waals surface area contributed by atoms with Crippen molar-refractivity contribution in [1.82, 2.24) is 4.98 Å². The summed E-state index contributed by atoms with van der Waals surface area (Å²) in [5.41, 5.74) is 3.71. The molecule has 0 fully saturated rings. The summed E-state index contributed by atoms with van der Waals surface area (Å²) < 4.78 is 0. The number of pyridine rings is 1. The van der Waals surface area contributed by atoms with Gasteiger partial charge in [0.1, 0.15) is 0 Å². The summed E-state index contributed by atoms with van der Waals surface area (Å²) in [4.78, 5) is 4.35. The molecule has 0 spiro atoms. The van der Waals surface area contributed by atoms with Crippen LogP contribution in [0.2, 0.25) is 0 Å². The predicted molar refractivity (Wildman–Crippen MR) is 62.1 cm³/mol. The van der Waals surface area contributed by atoms with E-state index in [0.717, 1.165) is 12.1 Å². The van der Waals surface area contributed by atoms with Gasteiger partial charge in [0.05, 0.1) is 5.69 Å². The highest BCUT2D eigenvalue weighted by molar-refractivity contribution is 5.66. The number of rotatable bonds is 0. The van der Waals surface area contributed by atoms with Gasteiger partial charge < -0.3 is 0 Å². The van der Waals surface area contributed by atoms with Gasteiger partial charge >= 0.3 is 0 Å². The van der Waals surface area contributed by atoms with Crippen molar-refractivity contribution in [2.75, 3.05) is 0 Å². The number of nitrogens with zero attached hydrogens (tertiary/aromatic N) is 1. The first-order valence-electron chi connectivity index (χ1n) is 5.15. The van der Waals surface area contributed by atoms with Gasteiger partial charge in [0.25, 0.3) is 0 Å². The SMILES string of the molecule is CC.CC1=CC=CCc2cccnc21. The minimum Gasteiger partial charge on any atom is -0.256 e. The Balaban J connectivity index is 0.000000461. The van der Waals surface area contributed by atoms with Crippen molar-refractivity contribution in [2.45, 2.75) is 27.2 Å². The van der Waals surface area contributed by atoms with Crippen molar-refractivity contribution in [3.05, 3.63) is 47.8 Å². The van der Waals surface area contributed by atoms with Gasteiger partial charge in [-0.15, -0.1) is 0 Å². The van der Waals surface area contributed by atoms with Crippen LogP contribution in [0.25, 0.3) is 5.57 Å². The van der Waals surface area contributed by atoms with Gasteiger partial charge in [-0.25, -0.2) is 0 Å². The average Bonchev–Trinajstić information content (AvgIpc) is 2.45. The molecule has 14 heavy (non-hydrogen) atoms. The summed E-state index contributed by atoms with van der Waals surface area (Å²) in [7, 11) is 0. The first-order valence-corrected chi connectivity index (χ1v) is 5.15. The average molecular weight is 187 g/mol. The molecular weight excluding hydrogens is 170 g/mol. The highest BCUT2D eigenvalue weighted by atomic mass is 14.7. The largest absolute Gasteiger partial charge is 0.256 e. The zero-order chi connectivity index (χ0) is 10.4. The maximum atomic E-state index is 4.35. The van der Waals surface area contributed by atoms with Crippen molar-refractivity contribution in [3.8, 4) is 0 Å². The van der Waals surface area contributed by atoms with Gasteiger partial charge in [-0.2, -0.15) is 0 Å². The Hall–Kier alpha value is -1.37. The van der Waals surface area contributed by atoms with E-state index in [0.29, 0.717) is 0 Å². The Morgan fingerprint density at radius 1 is 1.29 bits per heavy atom. The summed E-state index contributed by atoms with van der Waals surface area (Å²) in [6, 6.07) is 4.13. The van der Waals surface area contributed by atoms with Crippen molar-refractivity contribution in [1.29, 1.82) is 0 Å². The van der Waals surface area contributed by atoms with Gasteiger partial charge in [0, 0.05) is 6.20 Å². The van der Waals surface area contributed by atoms with Crippen molar-refractivity contribution < 1.29 is 0 Å². The van der Waals surface area contributed by atoms with Crippen molar-refractivity contribution >= 4 is 5.57 Å². The molecule has 0 unspecified atom stereocenters. The third-order valence-corrected chi connectivity index (χ3v) is 2.08. The molecular formula is C13H17N. The zero-order valence-corrected chi connectivity index (χ0v) is 9.12. The summed E-state index contributed by atoms with van der Waals surface area (Å²) >= 11 is 0. The van der Waals surface area contributed by atoms with Crippen LogP contribution in [0.15, 0.2) is 36.6 Å². The molecule has 0 atom stereocenters. The lowest BCUT2D eigenvalue weighted by atomic mass is 10.1. The van der Waals surface area contributed by atoms with Crippen LogP contribution in [0.5, 0.6) is 0 Å². The second-order valence-corrected chi connectivity index (χ2v) is 2.99. The minimum atomic E-state index is 0.997. The lowest BCUT2D eigenvalue weighted by molar-refractivity contribution is 1.16. The van der Waals surface area contributed by atoms with Crippen LogP contribution in [0.4, 0.5) is 0 Å². The lowest BCUT2D eigenvalue weighted by Crippen LogP contribution is -1.91.